The number of carbonyl (C=O) groups excluding carboxylic acids is 2. The van der Waals surface area contributed by atoms with Crippen molar-refractivity contribution in [3.63, 3.8) is 0 Å². The maximum Gasteiger partial charge on any atom is 0.246 e. The molecule has 0 unspecified atom stereocenters. The Bertz CT molecular complexity index is 1090. The number of anilines is 1. The molecule has 32 heavy (non-hydrogen) atoms. The third kappa shape index (κ3) is 5.82. The third-order valence-corrected chi connectivity index (χ3v) is 5.39. The van der Waals surface area contributed by atoms with Crippen LogP contribution in [-0.2, 0) is 9.59 Å². The number of aryl methyl sites for hydroxylation is 2. The third-order valence-electron chi connectivity index (χ3n) is 5.39. The van der Waals surface area contributed by atoms with Crippen molar-refractivity contribution in [3.05, 3.63) is 65.9 Å². The smallest absolute Gasteiger partial charge is 0.246 e. The van der Waals surface area contributed by atoms with Gasteiger partial charge in [-0.3, -0.25) is 19.5 Å². The van der Waals surface area contributed by atoms with Gasteiger partial charge < -0.3 is 9.80 Å². The van der Waals surface area contributed by atoms with Crippen LogP contribution in [0.3, 0.4) is 0 Å². The topological polar surface area (TPSA) is 70.5 Å². The second-order valence-corrected chi connectivity index (χ2v) is 8.25. The van der Waals surface area contributed by atoms with Crippen molar-refractivity contribution < 1.29 is 9.59 Å². The Labute approximate surface area is 189 Å². The van der Waals surface area contributed by atoms with Gasteiger partial charge in [-0.15, -0.1) is 0 Å². The molecule has 0 saturated heterocycles. The van der Waals surface area contributed by atoms with E-state index in [2.05, 4.69) is 31.3 Å². The molecule has 0 spiro atoms. The van der Waals surface area contributed by atoms with Gasteiger partial charge in [0.05, 0.1) is 12.2 Å². The summed E-state index contributed by atoms with van der Waals surface area (Å²) < 4.78 is 1.88. The summed E-state index contributed by atoms with van der Waals surface area (Å²) >= 11 is 0. The molecule has 2 amide bonds. The van der Waals surface area contributed by atoms with Crippen molar-refractivity contribution >= 4 is 17.8 Å². The Hall–Kier alpha value is -3.45. The van der Waals surface area contributed by atoms with Gasteiger partial charge in [-0.25, -0.2) is 4.98 Å². The molecule has 0 atom stereocenters. The predicted molar refractivity (Wildman–Crippen MR) is 128 cm³/mol. The number of hydrogen-bond acceptors (Lipinski definition) is 4. The van der Waals surface area contributed by atoms with E-state index in [0.717, 1.165) is 22.5 Å². The Morgan fingerprint density at radius 3 is 2.34 bits per heavy atom. The van der Waals surface area contributed by atoms with E-state index in [-0.39, 0.29) is 18.4 Å². The number of nitrogens with zero attached hydrogens (tertiary/aromatic N) is 4. The summed E-state index contributed by atoms with van der Waals surface area (Å²) in [5, 5.41) is 2.91. The van der Waals surface area contributed by atoms with Crippen LogP contribution in [0, 0.1) is 13.8 Å². The lowest BCUT2D eigenvalue weighted by Crippen LogP contribution is -2.40. The highest BCUT2D eigenvalue weighted by molar-refractivity contribution is 5.93. The number of carbonyl (C=O) groups is 2. The molecule has 168 valence electrons. The fraction of sp³-hybridized carbons (Fsp3) is 0.320. The lowest BCUT2D eigenvalue weighted by molar-refractivity contribution is -0.132. The first-order chi connectivity index (χ1) is 15.2. The number of nitrogens with one attached hydrogen (secondary N) is 1. The lowest BCUT2D eigenvalue weighted by atomic mass is 10.1. The number of likely N-dealkylation sites (N-methyl/N-ethyl adjacent to an activating group) is 1. The number of benzene rings is 2. The minimum absolute atomic E-state index is 0.0242. The van der Waals surface area contributed by atoms with Crippen molar-refractivity contribution in [1.82, 2.24) is 19.4 Å². The van der Waals surface area contributed by atoms with E-state index in [9.17, 15) is 9.59 Å². The first-order valence-corrected chi connectivity index (χ1v) is 10.7. The van der Waals surface area contributed by atoms with Gasteiger partial charge in [-0.1, -0.05) is 36.4 Å². The van der Waals surface area contributed by atoms with Gasteiger partial charge in [-0.05, 0) is 51.2 Å². The minimum atomic E-state index is -0.283. The molecule has 3 aromatic rings. The fourth-order valence-corrected chi connectivity index (χ4v) is 3.29. The first-order valence-electron chi connectivity index (χ1n) is 10.7. The highest BCUT2D eigenvalue weighted by atomic mass is 16.2. The molecule has 0 aliphatic rings. The molecule has 1 aromatic heterocycles. The average Bonchev–Trinajstić information content (AvgIpc) is 3.17. The molecule has 0 aliphatic heterocycles. The van der Waals surface area contributed by atoms with Gasteiger partial charge >= 0.3 is 0 Å². The summed E-state index contributed by atoms with van der Waals surface area (Å²) in [6.45, 7) is 6.74. The van der Waals surface area contributed by atoms with Crippen molar-refractivity contribution in [2.75, 3.05) is 39.0 Å². The zero-order valence-electron chi connectivity index (χ0n) is 19.4. The largest absolute Gasteiger partial charge is 0.332 e. The highest BCUT2D eigenvalue weighted by Crippen LogP contribution is 2.25. The van der Waals surface area contributed by atoms with E-state index in [0.29, 0.717) is 19.0 Å². The van der Waals surface area contributed by atoms with Crippen molar-refractivity contribution in [2.24, 2.45) is 0 Å². The van der Waals surface area contributed by atoms with Crippen LogP contribution in [0.1, 0.15) is 18.1 Å². The summed E-state index contributed by atoms with van der Waals surface area (Å²) in [5.41, 5.74) is 4.98. The molecule has 3 rings (SSSR count). The lowest BCUT2D eigenvalue weighted by Gasteiger charge is -2.22. The first kappa shape index (κ1) is 23.2. The number of amides is 2. The number of rotatable bonds is 8. The molecule has 0 saturated carbocycles. The van der Waals surface area contributed by atoms with E-state index in [1.54, 1.807) is 0 Å². The summed E-state index contributed by atoms with van der Waals surface area (Å²) in [6.07, 6.45) is 1.92. The maximum atomic E-state index is 12.9. The van der Waals surface area contributed by atoms with Crippen LogP contribution < -0.4 is 5.32 Å². The Balaban J connectivity index is 1.90. The summed E-state index contributed by atoms with van der Waals surface area (Å²) in [4.78, 5) is 33.1. The number of aromatic nitrogens is 2. The highest BCUT2D eigenvalue weighted by Gasteiger charge is 2.18. The van der Waals surface area contributed by atoms with Gasteiger partial charge in [-0.2, -0.15) is 0 Å². The molecule has 7 nitrogen and oxygen atoms in total. The van der Waals surface area contributed by atoms with Gasteiger partial charge in [0.15, 0.2) is 0 Å². The van der Waals surface area contributed by atoms with Crippen molar-refractivity contribution in [3.8, 4) is 16.9 Å². The average molecular weight is 434 g/mol. The second kappa shape index (κ2) is 10.2. The van der Waals surface area contributed by atoms with Crippen LogP contribution in [0.4, 0.5) is 5.95 Å². The van der Waals surface area contributed by atoms with Crippen molar-refractivity contribution in [2.45, 2.75) is 20.8 Å². The molecular formula is C25H31N5O2. The monoisotopic (exact) mass is 433 g/mol. The van der Waals surface area contributed by atoms with E-state index in [1.165, 1.54) is 17.4 Å². The number of imidazole rings is 1. The fourth-order valence-electron chi connectivity index (χ4n) is 3.29. The quantitative estimate of drug-likeness (QED) is 0.590. The van der Waals surface area contributed by atoms with Crippen LogP contribution in [0.25, 0.3) is 16.9 Å². The van der Waals surface area contributed by atoms with E-state index in [1.807, 2.05) is 66.2 Å². The zero-order valence-corrected chi connectivity index (χ0v) is 19.4. The zero-order chi connectivity index (χ0) is 23.3. The molecule has 1 heterocycles. The van der Waals surface area contributed by atoms with Crippen LogP contribution in [-0.4, -0.2) is 64.9 Å². The van der Waals surface area contributed by atoms with E-state index >= 15 is 0 Å². The van der Waals surface area contributed by atoms with Crippen LogP contribution in [0.2, 0.25) is 0 Å². The van der Waals surface area contributed by atoms with Gasteiger partial charge in [0.25, 0.3) is 0 Å². The van der Waals surface area contributed by atoms with Gasteiger partial charge in [0.2, 0.25) is 17.8 Å². The van der Waals surface area contributed by atoms with Gasteiger partial charge in [0, 0.05) is 37.5 Å². The molecular weight excluding hydrogens is 402 g/mol. The Kier molecular flexibility index (Phi) is 7.43. The minimum Gasteiger partial charge on any atom is -0.332 e. The maximum absolute atomic E-state index is 12.9. The Morgan fingerprint density at radius 2 is 1.72 bits per heavy atom. The molecule has 2 aromatic carbocycles. The summed E-state index contributed by atoms with van der Waals surface area (Å²) in [5.74, 6) is 0.00643. The standard InChI is InChI=1S/C25H31N5O2/c1-18-11-12-22(15-19(18)2)30-16-23(21-9-7-6-8-10-21)26-25(30)27-24(32)17-29(20(3)31)14-13-28(4)5/h6-12,15-16H,13-14,17H2,1-5H3,(H,26,27,32). The van der Waals surface area contributed by atoms with E-state index in [4.69, 9.17) is 4.98 Å². The predicted octanol–water partition coefficient (Wildman–Crippen LogP) is 3.50. The molecule has 0 fully saturated rings. The van der Waals surface area contributed by atoms with Crippen molar-refractivity contribution in [1.29, 1.82) is 0 Å². The van der Waals surface area contributed by atoms with E-state index < -0.39 is 0 Å². The molecule has 0 radical (unpaired) electrons. The molecule has 1 N–H and O–H groups in total. The van der Waals surface area contributed by atoms with Gasteiger partial charge in [0.1, 0.15) is 0 Å². The summed E-state index contributed by atoms with van der Waals surface area (Å²) in [6, 6.07) is 16.0. The SMILES string of the molecule is CC(=O)N(CCN(C)C)CC(=O)Nc1nc(-c2ccccc2)cn1-c1ccc(C)c(C)c1. The number of hydrogen-bond donors (Lipinski definition) is 1. The summed E-state index contributed by atoms with van der Waals surface area (Å²) in [7, 11) is 3.87. The molecule has 0 aliphatic carbocycles. The second-order valence-electron chi connectivity index (χ2n) is 8.25. The van der Waals surface area contributed by atoms with Crippen LogP contribution in [0.15, 0.2) is 54.7 Å². The molecule has 7 heteroatoms. The van der Waals surface area contributed by atoms with Crippen LogP contribution in [0.5, 0.6) is 0 Å². The Morgan fingerprint density at radius 1 is 1.00 bits per heavy atom. The van der Waals surface area contributed by atoms with Crippen LogP contribution >= 0.6 is 0 Å². The normalized spacial score (nSPS) is 10.9. The molecule has 0 bridgehead atoms.